The lowest BCUT2D eigenvalue weighted by Crippen LogP contribution is -2.09. The third-order valence-electron chi connectivity index (χ3n) is 2.76. The Morgan fingerprint density at radius 2 is 2.14 bits per heavy atom. The lowest BCUT2D eigenvalue weighted by atomic mass is 10.1. The minimum atomic E-state index is 0.979. The van der Waals surface area contributed by atoms with Crippen LogP contribution in [0.3, 0.4) is 0 Å². The van der Waals surface area contributed by atoms with Crippen LogP contribution in [0.5, 0.6) is 0 Å². The van der Waals surface area contributed by atoms with Crippen molar-refractivity contribution in [2.75, 3.05) is 11.9 Å². The first kappa shape index (κ1) is 9.25. The summed E-state index contributed by atoms with van der Waals surface area (Å²) >= 11 is 0. The number of amidine groups is 1. The molecule has 1 aliphatic heterocycles. The number of rotatable bonds is 1. The first-order valence-corrected chi connectivity index (χ1v) is 5.14. The van der Waals surface area contributed by atoms with Crippen molar-refractivity contribution >= 4 is 11.5 Å². The van der Waals surface area contributed by atoms with E-state index in [2.05, 4.69) is 42.4 Å². The molecule has 0 radical (unpaired) electrons. The van der Waals surface area contributed by atoms with Crippen molar-refractivity contribution in [1.82, 2.24) is 0 Å². The minimum Gasteiger partial charge on any atom is -0.344 e. The minimum absolute atomic E-state index is 0.979. The molecule has 1 aromatic rings. The van der Waals surface area contributed by atoms with Crippen LogP contribution in [0.1, 0.15) is 24.0 Å². The van der Waals surface area contributed by atoms with Gasteiger partial charge in [0.05, 0.1) is 0 Å². The average molecular weight is 188 g/mol. The van der Waals surface area contributed by atoms with E-state index in [1.54, 1.807) is 0 Å². The lowest BCUT2D eigenvalue weighted by molar-refractivity contribution is 0.951. The highest BCUT2D eigenvalue weighted by Gasteiger charge is 2.07. The Bertz CT molecular complexity index is 367. The fourth-order valence-corrected chi connectivity index (χ4v) is 1.68. The maximum absolute atomic E-state index is 4.41. The zero-order valence-electron chi connectivity index (χ0n) is 8.80. The van der Waals surface area contributed by atoms with E-state index >= 15 is 0 Å². The second kappa shape index (κ2) is 3.82. The molecule has 0 amide bonds. The van der Waals surface area contributed by atoms with Gasteiger partial charge in [0.1, 0.15) is 5.84 Å². The van der Waals surface area contributed by atoms with Gasteiger partial charge in [-0.15, -0.1) is 0 Å². The molecule has 2 nitrogen and oxygen atoms in total. The molecule has 74 valence electrons. The Balaban J connectivity index is 2.20. The summed E-state index contributed by atoms with van der Waals surface area (Å²) in [6.07, 6.45) is 2.28. The molecular weight excluding hydrogens is 172 g/mol. The molecule has 0 fully saturated rings. The van der Waals surface area contributed by atoms with E-state index in [4.69, 9.17) is 0 Å². The van der Waals surface area contributed by atoms with Gasteiger partial charge in [-0.3, -0.25) is 4.99 Å². The fraction of sp³-hybridized carbons (Fsp3) is 0.417. The number of nitrogens with zero attached hydrogens (tertiary/aromatic N) is 1. The highest BCUT2D eigenvalue weighted by Crippen LogP contribution is 2.19. The predicted molar refractivity (Wildman–Crippen MR) is 61.1 cm³/mol. The maximum Gasteiger partial charge on any atom is 0.101 e. The van der Waals surface area contributed by atoms with Crippen molar-refractivity contribution in [3.05, 3.63) is 29.3 Å². The first-order chi connectivity index (χ1) is 6.77. The highest BCUT2D eigenvalue weighted by molar-refractivity contribution is 5.97. The number of nitrogens with one attached hydrogen (secondary N) is 1. The Labute approximate surface area is 85.1 Å². The van der Waals surface area contributed by atoms with E-state index in [9.17, 15) is 0 Å². The molecule has 1 aliphatic rings. The van der Waals surface area contributed by atoms with E-state index in [-0.39, 0.29) is 0 Å². The molecule has 0 aromatic heterocycles. The van der Waals surface area contributed by atoms with E-state index < -0.39 is 0 Å². The van der Waals surface area contributed by atoms with Gasteiger partial charge in [-0.1, -0.05) is 12.1 Å². The summed E-state index contributed by atoms with van der Waals surface area (Å²) < 4.78 is 0. The molecule has 1 N–H and O–H groups in total. The Kier molecular flexibility index (Phi) is 2.53. The van der Waals surface area contributed by atoms with Gasteiger partial charge in [-0.05, 0) is 37.5 Å². The van der Waals surface area contributed by atoms with Crippen molar-refractivity contribution in [3.8, 4) is 0 Å². The largest absolute Gasteiger partial charge is 0.344 e. The number of aliphatic imine (C=N–C) groups is 1. The molecule has 0 bridgehead atoms. The highest BCUT2D eigenvalue weighted by atomic mass is 15.0. The molecule has 2 heteroatoms. The summed E-state index contributed by atoms with van der Waals surface area (Å²) in [5.41, 5.74) is 3.85. The van der Waals surface area contributed by atoms with Crippen molar-refractivity contribution < 1.29 is 0 Å². The van der Waals surface area contributed by atoms with Gasteiger partial charge in [0.2, 0.25) is 0 Å². The van der Waals surface area contributed by atoms with Crippen molar-refractivity contribution in [2.45, 2.75) is 26.7 Å². The molecule has 0 spiro atoms. The van der Waals surface area contributed by atoms with Crippen molar-refractivity contribution in [1.29, 1.82) is 0 Å². The van der Waals surface area contributed by atoms with E-state index in [0.29, 0.717) is 0 Å². The third kappa shape index (κ3) is 1.79. The predicted octanol–water partition coefficient (Wildman–Crippen LogP) is 2.91. The molecule has 0 aliphatic carbocycles. The lowest BCUT2D eigenvalue weighted by Gasteiger charge is -2.10. The molecule has 1 aromatic carbocycles. The van der Waals surface area contributed by atoms with Gasteiger partial charge in [-0.2, -0.15) is 0 Å². The molecule has 2 rings (SSSR count). The summed E-state index contributed by atoms with van der Waals surface area (Å²) in [6, 6.07) is 6.33. The van der Waals surface area contributed by atoms with Gasteiger partial charge in [0.15, 0.2) is 0 Å². The van der Waals surface area contributed by atoms with Crippen LogP contribution in [-0.2, 0) is 0 Å². The standard InChI is InChI=1S/C12H16N2/c1-9-5-3-6-11(10(9)2)14-12-7-4-8-13-12/h3,5-6H,4,7-8H2,1-2H3,(H,13,14). The molecular formula is C12H16N2. The second-order valence-electron chi connectivity index (χ2n) is 3.80. The Hall–Kier alpha value is -1.31. The van der Waals surface area contributed by atoms with E-state index in [1.807, 2.05) is 0 Å². The molecule has 0 saturated carbocycles. The summed E-state index contributed by atoms with van der Waals surface area (Å²) in [6.45, 7) is 5.26. The second-order valence-corrected chi connectivity index (χ2v) is 3.80. The van der Waals surface area contributed by atoms with Crippen LogP contribution in [0.2, 0.25) is 0 Å². The number of hydrogen-bond acceptors (Lipinski definition) is 2. The SMILES string of the molecule is Cc1cccc(NC2=NCCC2)c1C. The number of anilines is 1. The normalized spacial score (nSPS) is 15.4. The van der Waals surface area contributed by atoms with Crippen LogP contribution in [0, 0.1) is 13.8 Å². The van der Waals surface area contributed by atoms with Crippen molar-refractivity contribution in [2.24, 2.45) is 4.99 Å². The molecule has 1 heterocycles. The van der Waals surface area contributed by atoms with Gasteiger partial charge < -0.3 is 5.32 Å². The van der Waals surface area contributed by atoms with Crippen LogP contribution >= 0.6 is 0 Å². The van der Waals surface area contributed by atoms with E-state index in [0.717, 1.165) is 18.8 Å². The maximum atomic E-state index is 4.41. The summed E-state index contributed by atoms with van der Waals surface area (Å²) in [5, 5.41) is 3.40. The van der Waals surface area contributed by atoms with Crippen LogP contribution in [0.15, 0.2) is 23.2 Å². The third-order valence-corrected chi connectivity index (χ3v) is 2.76. The Morgan fingerprint density at radius 1 is 1.29 bits per heavy atom. The van der Waals surface area contributed by atoms with Gasteiger partial charge in [-0.25, -0.2) is 0 Å². The summed E-state index contributed by atoms with van der Waals surface area (Å²) in [4.78, 5) is 4.41. The molecule has 0 unspecified atom stereocenters. The average Bonchev–Trinajstić information content (AvgIpc) is 2.66. The number of aryl methyl sites for hydroxylation is 1. The fourth-order valence-electron chi connectivity index (χ4n) is 1.68. The monoisotopic (exact) mass is 188 g/mol. The first-order valence-electron chi connectivity index (χ1n) is 5.14. The number of benzene rings is 1. The number of hydrogen-bond donors (Lipinski definition) is 1. The van der Waals surface area contributed by atoms with Gasteiger partial charge in [0, 0.05) is 18.7 Å². The quantitative estimate of drug-likeness (QED) is 0.720. The van der Waals surface area contributed by atoms with Gasteiger partial charge in [0.25, 0.3) is 0 Å². The topological polar surface area (TPSA) is 24.4 Å². The van der Waals surface area contributed by atoms with E-state index in [1.165, 1.54) is 23.2 Å². The van der Waals surface area contributed by atoms with Crippen LogP contribution < -0.4 is 5.32 Å². The summed E-state index contributed by atoms with van der Waals surface area (Å²) in [5.74, 6) is 1.14. The Morgan fingerprint density at radius 3 is 2.86 bits per heavy atom. The molecule has 0 saturated heterocycles. The zero-order valence-corrected chi connectivity index (χ0v) is 8.80. The van der Waals surface area contributed by atoms with Gasteiger partial charge >= 0.3 is 0 Å². The summed E-state index contributed by atoms with van der Waals surface area (Å²) in [7, 11) is 0. The smallest absolute Gasteiger partial charge is 0.101 e. The van der Waals surface area contributed by atoms with Crippen molar-refractivity contribution in [3.63, 3.8) is 0 Å². The molecule has 14 heavy (non-hydrogen) atoms. The zero-order chi connectivity index (χ0) is 9.97. The van der Waals surface area contributed by atoms with Crippen LogP contribution in [-0.4, -0.2) is 12.4 Å². The van der Waals surface area contributed by atoms with Crippen LogP contribution in [0.4, 0.5) is 5.69 Å². The molecule has 0 atom stereocenters. The van der Waals surface area contributed by atoms with Crippen LogP contribution in [0.25, 0.3) is 0 Å².